The topological polar surface area (TPSA) is 73.2 Å². The Morgan fingerprint density at radius 1 is 1.35 bits per heavy atom. The molecule has 1 aromatic carbocycles. The predicted molar refractivity (Wildman–Crippen MR) is 62.6 cm³/mol. The molecule has 1 heterocycles. The van der Waals surface area contributed by atoms with E-state index in [1.165, 1.54) is 4.31 Å². The zero-order chi connectivity index (χ0) is 12.3. The molecule has 1 N–H and O–H groups in total. The normalized spacial score (nSPS) is 21.9. The second-order valence-corrected chi connectivity index (χ2v) is 5.67. The van der Waals surface area contributed by atoms with E-state index >= 15 is 0 Å². The molecule has 1 aromatic rings. The molecule has 2 rings (SSSR count). The zero-order valence-corrected chi connectivity index (χ0v) is 10.0. The molecular weight excluding hydrogens is 238 g/mol. The Balaban J connectivity index is 2.35. The van der Waals surface area contributed by atoms with E-state index in [2.05, 4.69) is 5.32 Å². The van der Waals surface area contributed by atoms with Gasteiger partial charge in [-0.1, -0.05) is 18.2 Å². The molecule has 90 valence electrons. The first-order valence-corrected chi connectivity index (χ1v) is 6.77. The summed E-state index contributed by atoms with van der Waals surface area (Å²) in [5, 5.41) is 12.0. The number of benzene rings is 1. The number of hydrogen-bond donors (Lipinski definition) is 1. The molecule has 5 nitrogen and oxygen atoms in total. The smallest absolute Gasteiger partial charge is 0.244 e. The highest BCUT2D eigenvalue weighted by molar-refractivity contribution is 7.89. The first-order chi connectivity index (χ1) is 8.16. The van der Waals surface area contributed by atoms with Crippen LogP contribution >= 0.6 is 0 Å². The molecule has 1 aliphatic heterocycles. The van der Waals surface area contributed by atoms with Crippen molar-refractivity contribution in [2.45, 2.75) is 10.9 Å². The Hall–Kier alpha value is -1.42. The third-order valence-electron chi connectivity index (χ3n) is 2.69. The number of rotatable bonds is 2. The standard InChI is InChI=1S/C11H13N3O2S/c12-8-10-9-13-6-7-14(10)17(15,16)11-4-2-1-3-5-11/h1-5,10,13H,6-7,9H2. The first kappa shape index (κ1) is 12.0. The van der Waals surface area contributed by atoms with Crippen LogP contribution in [0, 0.1) is 11.3 Å². The minimum Gasteiger partial charge on any atom is -0.313 e. The van der Waals surface area contributed by atoms with E-state index in [9.17, 15) is 8.42 Å². The van der Waals surface area contributed by atoms with Gasteiger partial charge < -0.3 is 5.32 Å². The Kier molecular flexibility index (Phi) is 3.43. The lowest BCUT2D eigenvalue weighted by atomic mass is 10.3. The maximum Gasteiger partial charge on any atom is 0.244 e. The summed E-state index contributed by atoms with van der Waals surface area (Å²) in [6.07, 6.45) is 0. The summed E-state index contributed by atoms with van der Waals surface area (Å²) in [5.74, 6) is 0. The number of nitrogens with one attached hydrogen (secondary N) is 1. The van der Waals surface area contributed by atoms with E-state index in [1.807, 2.05) is 6.07 Å². The van der Waals surface area contributed by atoms with Crippen LogP contribution in [-0.4, -0.2) is 38.4 Å². The van der Waals surface area contributed by atoms with Crippen molar-refractivity contribution in [1.29, 1.82) is 5.26 Å². The largest absolute Gasteiger partial charge is 0.313 e. The summed E-state index contributed by atoms with van der Waals surface area (Å²) in [6, 6.07) is 9.59. The van der Waals surface area contributed by atoms with Gasteiger partial charge in [0.05, 0.1) is 11.0 Å². The summed E-state index contributed by atoms with van der Waals surface area (Å²) < 4.78 is 25.9. The minimum absolute atomic E-state index is 0.238. The van der Waals surface area contributed by atoms with Crippen LogP contribution in [0.5, 0.6) is 0 Å². The average Bonchev–Trinajstić information content (AvgIpc) is 2.39. The third-order valence-corrected chi connectivity index (χ3v) is 4.62. The van der Waals surface area contributed by atoms with Gasteiger partial charge in [0, 0.05) is 19.6 Å². The summed E-state index contributed by atoms with van der Waals surface area (Å²) in [5.41, 5.74) is 0. The Labute approximate surface area is 101 Å². The molecule has 1 atom stereocenters. The number of nitrogens with zero attached hydrogens (tertiary/aromatic N) is 2. The number of hydrogen-bond acceptors (Lipinski definition) is 4. The van der Waals surface area contributed by atoms with Crippen molar-refractivity contribution in [1.82, 2.24) is 9.62 Å². The molecule has 6 heteroatoms. The molecule has 1 unspecified atom stereocenters. The van der Waals surface area contributed by atoms with E-state index in [-0.39, 0.29) is 4.90 Å². The van der Waals surface area contributed by atoms with Gasteiger partial charge in [0.25, 0.3) is 0 Å². The minimum atomic E-state index is -3.55. The summed E-state index contributed by atoms with van der Waals surface area (Å²) in [4.78, 5) is 0.238. The van der Waals surface area contributed by atoms with Crippen molar-refractivity contribution in [3.8, 4) is 6.07 Å². The van der Waals surface area contributed by atoms with E-state index in [0.717, 1.165) is 0 Å². The number of sulfonamides is 1. The Morgan fingerprint density at radius 2 is 2.06 bits per heavy atom. The molecule has 0 saturated carbocycles. The van der Waals surface area contributed by atoms with E-state index in [0.29, 0.717) is 19.6 Å². The highest BCUT2D eigenvalue weighted by Gasteiger charge is 2.33. The second kappa shape index (κ2) is 4.84. The first-order valence-electron chi connectivity index (χ1n) is 5.33. The van der Waals surface area contributed by atoms with Gasteiger partial charge in [-0.15, -0.1) is 0 Å². The van der Waals surface area contributed by atoms with Gasteiger partial charge in [-0.25, -0.2) is 8.42 Å². The van der Waals surface area contributed by atoms with Gasteiger partial charge in [0.2, 0.25) is 10.0 Å². The molecule has 0 aliphatic carbocycles. The summed E-state index contributed by atoms with van der Waals surface area (Å²) in [6.45, 7) is 1.28. The molecule has 0 bridgehead atoms. The van der Waals surface area contributed by atoms with Gasteiger partial charge in [-0.2, -0.15) is 9.57 Å². The molecule has 0 radical (unpaired) electrons. The Morgan fingerprint density at radius 3 is 2.71 bits per heavy atom. The van der Waals surface area contributed by atoms with Crippen LogP contribution in [0.1, 0.15) is 0 Å². The van der Waals surface area contributed by atoms with Gasteiger partial charge >= 0.3 is 0 Å². The van der Waals surface area contributed by atoms with Crippen LogP contribution in [0.15, 0.2) is 35.2 Å². The van der Waals surface area contributed by atoms with Gasteiger partial charge in [0.15, 0.2) is 0 Å². The predicted octanol–water partition coefficient (Wildman–Crippen LogP) is 0.173. The summed E-state index contributed by atoms with van der Waals surface area (Å²) >= 11 is 0. The van der Waals surface area contributed by atoms with Crippen LogP contribution in [-0.2, 0) is 10.0 Å². The zero-order valence-electron chi connectivity index (χ0n) is 9.20. The van der Waals surface area contributed by atoms with E-state index in [1.54, 1.807) is 30.3 Å². The highest BCUT2D eigenvalue weighted by Crippen LogP contribution is 2.18. The fourth-order valence-electron chi connectivity index (χ4n) is 1.81. The van der Waals surface area contributed by atoms with Crippen molar-refractivity contribution < 1.29 is 8.42 Å². The number of piperazine rings is 1. The fourth-order valence-corrected chi connectivity index (χ4v) is 3.37. The van der Waals surface area contributed by atoms with Crippen LogP contribution < -0.4 is 5.32 Å². The van der Waals surface area contributed by atoms with Gasteiger partial charge in [-0.3, -0.25) is 0 Å². The SMILES string of the molecule is N#CC1CNCCN1S(=O)(=O)c1ccccc1. The van der Waals surface area contributed by atoms with Gasteiger partial charge in [-0.05, 0) is 12.1 Å². The van der Waals surface area contributed by atoms with E-state index < -0.39 is 16.1 Å². The van der Waals surface area contributed by atoms with Crippen LogP contribution in [0.2, 0.25) is 0 Å². The maximum atomic E-state index is 12.3. The Bertz CT molecular complexity index is 521. The molecule has 1 aliphatic rings. The molecule has 1 saturated heterocycles. The van der Waals surface area contributed by atoms with Crippen molar-refractivity contribution in [3.63, 3.8) is 0 Å². The van der Waals surface area contributed by atoms with Crippen LogP contribution in [0.25, 0.3) is 0 Å². The van der Waals surface area contributed by atoms with Gasteiger partial charge in [0.1, 0.15) is 6.04 Å². The monoisotopic (exact) mass is 251 g/mol. The van der Waals surface area contributed by atoms with Crippen LogP contribution in [0.4, 0.5) is 0 Å². The summed E-state index contributed by atoms with van der Waals surface area (Å²) in [7, 11) is -3.55. The second-order valence-electron chi connectivity index (χ2n) is 3.78. The lowest BCUT2D eigenvalue weighted by molar-refractivity contribution is 0.312. The molecule has 1 fully saturated rings. The molecule has 0 spiro atoms. The molecule has 0 aromatic heterocycles. The highest BCUT2D eigenvalue weighted by atomic mass is 32.2. The van der Waals surface area contributed by atoms with Crippen molar-refractivity contribution in [2.24, 2.45) is 0 Å². The van der Waals surface area contributed by atoms with Crippen molar-refractivity contribution in [2.75, 3.05) is 19.6 Å². The number of nitriles is 1. The fraction of sp³-hybridized carbons (Fsp3) is 0.364. The molecule has 0 amide bonds. The lowest BCUT2D eigenvalue weighted by Gasteiger charge is -2.30. The lowest BCUT2D eigenvalue weighted by Crippen LogP contribution is -2.52. The molecule has 17 heavy (non-hydrogen) atoms. The van der Waals surface area contributed by atoms with Crippen LogP contribution in [0.3, 0.4) is 0 Å². The maximum absolute atomic E-state index is 12.3. The average molecular weight is 251 g/mol. The van der Waals surface area contributed by atoms with Crippen molar-refractivity contribution in [3.05, 3.63) is 30.3 Å². The van der Waals surface area contributed by atoms with Crippen molar-refractivity contribution >= 4 is 10.0 Å². The third kappa shape index (κ3) is 2.31. The molecular formula is C11H13N3O2S. The van der Waals surface area contributed by atoms with E-state index in [4.69, 9.17) is 5.26 Å². The quantitative estimate of drug-likeness (QED) is 0.813.